The van der Waals surface area contributed by atoms with Crippen molar-refractivity contribution >= 4 is 38.4 Å². The number of fused-ring (bicyclic) bond motifs is 1. The summed E-state index contributed by atoms with van der Waals surface area (Å²) < 4.78 is 2.79. The van der Waals surface area contributed by atoms with Crippen molar-refractivity contribution in [2.24, 2.45) is 0 Å². The zero-order valence-electron chi connectivity index (χ0n) is 16.8. The lowest BCUT2D eigenvalue weighted by atomic mass is 10.0. The van der Waals surface area contributed by atoms with Gasteiger partial charge in [0.15, 0.2) is 0 Å². The number of likely N-dealkylation sites (N-methyl/N-ethyl adjacent to an activating group) is 1. The number of nitrogens with one attached hydrogen (secondary N) is 1. The lowest BCUT2D eigenvalue weighted by Gasteiger charge is -2.10. The first-order valence-corrected chi connectivity index (χ1v) is 10.4. The second-order valence-electron chi connectivity index (χ2n) is 7.33. The minimum absolute atomic E-state index is 0.183. The van der Waals surface area contributed by atoms with Crippen LogP contribution in [0.2, 0.25) is 0 Å². The van der Waals surface area contributed by atoms with Crippen LogP contribution in [0.5, 0.6) is 0 Å². The Morgan fingerprint density at radius 2 is 1.97 bits per heavy atom. The van der Waals surface area contributed by atoms with Crippen LogP contribution in [-0.2, 0) is 6.54 Å². The lowest BCUT2D eigenvalue weighted by Crippen LogP contribution is -2.18. The summed E-state index contributed by atoms with van der Waals surface area (Å²) in [7, 11) is 4.03. The molecular weight excluding hydrogens is 442 g/mol. The summed E-state index contributed by atoms with van der Waals surface area (Å²) >= 11 is 3.51. The van der Waals surface area contributed by atoms with Crippen LogP contribution in [0.15, 0.2) is 71.5 Å². The van der Waals surface area contributed by atoms with Crippen molar-refractivity contribution in [2.45, 2.75) is 6.54 Å². The van der Waals surface area contributed by atoms with Gasteiger partial charge in [0, 0.05) is 28.2 Å². The van der Waals surface area contributed by atoms with Gasteiger partial charge in [0.1, 0.15) is 0 Å². The molecule has 0 aliphatic heterocycles. The molecule has 0 saturated carbocycles. The van der Waals surface area contributed by atoms with E-state index in [1.807, 2.05) is 79.6 Å². The van der Waals surface area contributed by atoms with Gasteiger partial charge in [-0.3, -0.25) is 9.48 Å². The molecule has 2 aromatic heterocycles. The fraction of sp³-hybridized carbons (Fsp3) is 0.174. The highest BCUT2D eigenvalue weighted by molar-refractivity contribution is 9.10. The van der Waals surface area contributed by atoms with Gasteiger partial charge in [0.2, 0.25) is 0 Å². The van der Waals surface area contributed by atoms with E-state index in [-0.39, 0.29) is 5.91 Å². The van der Waals surface area contributed by atoms with Crippen LogP contribution in [0.1, 0.15) is 10.4 Å². The molecule has 1 N–H and O–H groups in total. The number of anilines is 1. The van der Waals surface area contributed by atoms with Crippen molar-refractivity contribution in [3.8, 4) is 11.3 Å². The Morgan fingerprint density at radius 3 is 2.77 bits per heavy atom. The quantitative estimate of drug-likeness (QED) is 0.451. The SMILES string of the molecule is CN(C)CCn1cc(NC(=O)c2cc(-c3cccc(Br)c3)nc3ccccc23)cn1. The summed E-state index contributed by atoms with van der Waals surface area (Å²) in [5, 5.41) is 8.12. The van der Waals surface area contributed by atoms with Crippen LogP contribution in [-0.4, -0.2) is 46.2 Å². The van der Waals surface area contributed by atoms with Crippen molar-refractivity contribution in [1.82, 2.24) is 19.7 Å². The number of benzene rings is 2. The average Bonchev–Trinajstić information content (AvgIpc) is 3.18. The molecule has 2 aromatic carbocycles. The predicted octanol–water partition coefficient (Wildman–Crippen LogP) is 4.67. The van der Waals surface area contributed by atoms with E-state index in [0.717, 1.165) is 39.7 Å². The first-order chi connectivity index (χ1) is 14.5. The van der Waals surface area contributed by atoms with Crippen molar-refractivity contribution in [3.05, 3.63) is 77.0 Å². The third kappa shape index (κ3) is 4.58. The minimum atomic E-state index is -0.183. The highest BCUT2D eigenvalue weighted by atomic mass is 79.9. The van der Waals surface area contributed by atoms with E-state index in [0.29, 0.717) is 11.3 Å². The molecule has 0 unspecified atom stereocenters. The minimum Gasteiger partial charge on any atom is -0.319 e. The van der Waals surface area contributed by atoms with Gasteiger partial charge >= 0.3 is 0 Å². The largest absolute Gasteiger partial charge is 0.319 e. The number of nitrogens with zero attached hydrogens (tertiary/aromatic N) is 4. The Hall–Kier alpha value is -3.03. The number of carbonyl (C=O) groups excluding carboxylic acids is 1. The Morgan fingerprint density at radius 1 is 1.13 bits per heavy atom. The normalized spacial score (nSPS) is 11.2. The Labute approximate surface area is 183 Å². The smallest absolute Gasteiger partial charge is 0.256 e. The van der Waals surface area contributed by atoms with E-state index in [9.17, 15) is 4.79 Å². The second kappa shape index (κ2) is 8.77. The van der Waals surface area contributed by atoms with Crippen LogP contribution >= 0.6 is 15.9 Å². The number of amides is 1. The van der Waals surface area contributed by atoms with Crippen LogP contribution in [0.25, 0.3) is 22.2 Å². The number of carbonyl (C=O) groups is 1. The third-order valence-corrected chi connectivity index (χ3v) is 5.24. The third-order valence-electron chi connectivity index (χ3n) is 4.75. The molecule has 1 amide bonds. The molecule has 0 bridgehead atoms. The maximum Gasteiger partial charge on any atom is 0.256 e. The molecule has 0 aliphatic rings. The molecule has 0 aliphatic carbocycles. The average molecular weight is 464 g/mol. The summed E-state index contributed by atoms with van der Waals surface area (Å²) in [5.41, 5.74) is 3.73. The molecular formula is C23H22BrN5O. The van der Waals surface area contributed by atoms with Gasteiger partial charge < -0.3 is 10.2 Å². The number of hydrogen-bond donors (Lipinski definition) is 1. The number of aromatic nitrogens is 3. The van der Waals surface area contributed by atoms with Gasteiger partial charge in [0.25, 0.3) is 5.91 Å². The molecule has 0 fully saturated rings. The van der Waals surface area contributed by atoms with Gasteiger partial charge in [-0.15, -0.1) is 0 Å². The van der Waals surface area contributed by atoms with Crippen molar-refractivity contribution in [1.29, 1.82) is 0 Å². The van der Waals surface area contributed by atoms with Crippen LogP contribution < -0.4 is 5.32 Å². The molecule has 7 heteroatoms. The Bertz CT molecular complexity index is 1200. The van der Waals surface area contributed by atoms with Crippen LogP contribution in [0.3, 0.4) is 0 Å². The van der Waals surface area contributed by atoms with Gasteiger partial charge in [0.05, 0.1) is 35.2 Å². The molecule has 4 aromatic rings. The summed E-state index contributed by atoms with van der Waals surface area (Å²) in [5.74, 6) is -0.183. The Kier molecular flexibility index (Phi) is 5.92. The van der Waals surface area contributed by atoms with Gasteiger partial charge in [-0.25, -0.2) is 4.98 Å². The fourth-order valence-electron chi connectivity index (χ4n) is 3.21. The summed E-state index contributed by atoms with van der Waals surface area (Å²) in [6.45, 7) is 1.63. The zero-order chi connectivity index (χ0) is 21.1. The zero-order valence-corrected chi connectivity index (χ0v) is 18.4. The van der Waals surface area contributed by atoms with Crippen LogP contribution in [0.4, 0.5) is 5.69 Å². The van der Waals surface area contributed by atoms with Gasteiger partial charge in [-0.2, -0.15) is 5.10 Å². The first kappa shape index (κ1) is 20.3. The van der Waals surface area contributed by atoms with E-state index < -0.39 is 0 Å². The number of hydrogen-bond acceptors (Lipinski definition) is 4. The topological polar surface area (TPSA) is 63.0 Å². The van der Waals surface area contributed by atoms with E-state index >= 15 is 0 Å². The highest BCUT2D eigenvalue weighted by Gasteiger charge is 2.15. The van der Waals surface area contributed by atoms with Crippen molar-refractivity contribution < 1.29 is 4.79 Å². The fourth-order valence-corrected chi connectivity index (χ4v) is 3.61. The van der Waals surface area contributed by atoms with E-state index in [4.69, 9.17) is 4.98 Å². The van der Waals surface area contributed by atoms with Gasteiger partial charge in [-0.05, 0) is 38.4 Å². The number of rotatable bonds is 6. The molecule has 0 saturated heterocycles. The molecule has 0 radical (unpaired) electrons. The highest BCUT2D eigenvalue weighted by Crippen LogP contribution is 2.27. The molecule has 152 valence electrons. The first-order valence-electron chi connectivity index (χ1n) is 9.64. The van der Waals surface area contributed by atoms with E-state index in [1.54, 1.807) is 6.20 Å². The van der Waals surface area contributed by atoms with E-state index in [1.165, 1.54) is 0 Å². The second-order valence-corrected chi connectivity index (χ2v) is 8.25. The van der Waals surface area contributed by atoms with Crippen LogP contribution in [0, 0.1) is 0 Å². The summed E-state index contributed by atoms with van der Waals surface area (Å²) in [4.78, 5) is 20.0. The van der Waals surface area contributed by atoms with Crippen molar-refractivity contribution in [2.75, 3.05) is 26.0 Å². The molecule has 4 rings (SSSR count). The van der Waals surface area contributed by atoms with Gasteiger partial charge in [-0.1, -0.05) is 46.3 Å². The monoisotopic (exact) mass is 463 g/mol. The molecule has 30 heavy (non-hydrogen) atoms. The Balaban J connectivity index is 1.66. The molecule has 0 atom stereocenters. The molecule has 2 heterocycles. The van der Waals surface area contributed by atoms with E-state index in [2.05, 4.69) is 31.2 Å². The molecule has 0 spiro atoms. The summed E-state index contributed by atoms with van der Waals surface area (Å²) in [6.07, 6.45) is 3.52. The number of para-hydroxylation sites is 1. The molecule has 6 nitrogen and oxygen atoms in total. The lowest BCUT2D eigenvalue weighted by molar-refractivity contribution is 0.102. The maximum absolute atomic E-state index is 13.2. The standard InChI is InChI=1S/C23H22BrN5O/c1-28(2)10-11-29-15-18(14-25-29)26-23(30)20-13-22(16-6-5-7-17(24)12-16)27-21-9-4-3-8-19(20)21/h3-9,12-15H,10-11H2,1-2H3,(H,26,30). The predicted molar refractivity (Wildman–Crippen MR) is 124 cm³/mol. The maximum atomic E-state index is 13.2. The number of halogens is 1. The van der Waals surface area contributed by atoms with Crippen molar-refractivity contribution in [3.63, 3.8) is 0 Å². The number of pyridine rings is 1. The summed E-state index contributed by atoms with van der Waals surface area (Å²) in [6, 6.07) is 17.4.